The second kappa shape index (κ2) is 13.9. The molecule has 1 aliphatic heterocycles. The molecule has 0 saturated carbocycles. The van der Waals surface area contributed by atoms with E-state index < -0.39 is 0 Å². The van der Waals surface area contributed by atoms with Gasteiger partial charge in [0.15, 0.2) is 5.96 Å². The van der Waals surface area contributed by atoms with E-state index in [0.717, 1.165) is 50.9 Å². The van der Waals surface area contributed by atoms with E-state index in [4.69, 9.17) is 9.47 Å². The molecule has 2 unspecified atom stereocenters. The van der Waals surface area contributed by atoms with Crippen molar-refractivity contribution in [3.63, 3.8) is 0 Å². The van der Waals surface area contributed by atoms with Crippen LogP contribution in [0.2, 0.25) is 0 Å². The van der Waals surface area contributed by atoms with Gasteiger partial charge in [0, 0.05) is 25.7 Å². The van der Waals surface area contributed by atoms with Crippen molar-refractivity contribution in [3.8, 4) is 0 Å². The van der Waals surface area contributed by atoms with Crippen LogP contribution in [0.25, 0.3) is 0 Å². The molecule has 0 bridgehead atoms. The average Bonchev–Trinajstić information content (AvgIpc) is 2.95. The molecule has 0 aromatic heterocycles. The number of hydrogen-bond acceptors (Lipinski definition) is 4. The van der Waals surface area contributed by atoms with Crippen LogP contribution in [0.5, 0.6) is 0 Å². The van der Waals surface area contributed by atoms with Crippen LogP contribution in [0.1, 0.15) is 26.7 Å². The van der Waals surface area contributed by atoms with Gasteiger partial charge in [-0.15, -0.1) is 24.0 Å². The molecule has 0 aliphatic carbocycles. The van der Waals surface area contributed by atoms with Gasteiger partial charge in [-0.2, -0.15) is 11.8 Å². The van der Waals surface area contributed by atoms with Crippen LogP contribution < -0.4 is 10.6 Å². The minimum Gasteiger partial charge on any atom is -0.379 e. The Labute approximate surface area is 150 Å². The summed E-state index contributed by atoms with van der Waals surface area (Å²) in [4.78, 5) is 4.57. The van der Waals surface area contributed by atoms with E-state index in [1.165, 1.54) is 0 Å². The van der Waals surface area contributed by atoms with E-state index in [1.807, 2.05) is 11.8 Å². The van der Waals surface area contributed by atoms with E-state index in [9.17, 15) is 0 Å². The van der Waals surface area contributed by atoms with Crippen molar-refractivity contribution in [2.45, 2.75) is 38.8 Å². The summed E-state index contributed by atoms with van der Waals surface area (Å²) in [5, 5.41) is 6.66. The number of thioether (sulfide) groups is 1. The molecule has 0 amide bonds. The highest BCUT2D eigenvalue weighted by molar-refractivity contribution is 14.0. The molecule has 0 radical (unpaired) electrons. The van der Waals surface area contributed by atoms with E-state index in [1.54, 1.807) is 0 Å². The van der Waals surface area contributed by atoms with Crippen LogP contribution in [0.3, 0.4) is 0 Å². The molecule has 0 spiro atoms. The second-order valence-corrected chi connectivity index (χ2v) is 5.96. The monoisotopic (exact) mass is 431 g/mol. The second-order valence-electron chi connectivity index (χ2n) is 4.97. The molecule has 2 N–H and O–H groups in total. The lowest BCUT2D eigenvalue weighted by Gasteiger charge is -2.19. The van der Waals surface area contributed by atoms with Gasteiger partial charge in [0.05, 0.1) is 19.3 Å². The fraction of sp³-hybridized carbons (Fsp3) is 0.929. The van der Waals surface area contributed by atoms with Crippen LogP contribution in [-0.4, -0.2) is 63.0 Å². The number of ether oxygens (including phenoxy) is 2. The summed E-state index contributed by atoms with van der Waals surface area (Å²) in [6.45, 7) is 8.17. The molecule has 2 atom stereocenters. The van der Waals surface area contributed by atoms with Crippen LogP contribution >= 0.6 is 35.7 Å². The van der Waals surface area contributed by atoms with Crippen molar-refractivity contribution < 1.29 is 9.47 Å². The molecule has 1 heterocycles. The molecular weight excluding hydrogens is 401 g/mol. The SMILES string of the molecule is CCNC(=NCCCSC)NC(C)COC1CCOC1.I. The molecule has 1 rings (SSSR count). The smallest absolute Gasteiger partial charge is 0.191 e. The summed E-state index contributed by atoms with van der Waals surface area (Å²) in [6.07, 6.45) is 4.51. The van der Waals surface area contributed by atoms with Gasteiger partial charge < -0.3 is 20.1 Å². The number of hydrogen-bond donors (Lipinski definition) is 2. The summed E-state index contributed by atoms with van der Waals surface area (Å²) in [6, 6.07) is 0.244. The lowest BCUT2D eigenvalue weighted by molar-refractivity contribution is 0.0347. The number of nitrogens with zero attached hydrogens (tertiary/aromatic N) is 1. The van der Waals surface area contributed by atoms with Crippen molar-refractivity contribution in [2.75, 3.05) is 44.9 Å². The van der Waals surface area contributed by atoms with Gasteiger partial charge in [0.2, 0.25) is 0 Å². The summed E-state index contributed by atoms with van der Waals surface area (Å²) in [5.41, 5.74) is 0. The molecule has 7 heteroatoms. The number of guanidine groups is 1. The quantitative estimate of drug-likeness (QED) is 0.254. The highest BCUT2D eigenvalue weighted by atomic mass is 127. The van der Waals surface area contributed by atoms with Crippen LogP contribution in [0.15, 0.2) is 4.99 Å². The largest absolute Gasteiger partial charge is 0.379 e. The highest BCUT2D eigenvalue weighted by Crippen LogP contribution is 2.08. The summed E-state index contributed by atoms with van der Waals surface area (Å²) in [7, 11) is 0. The van der Waals surface area contributed by atoms with Crippen molar-refractivity contribution in [3.05, 3.63) is 0 Å². The fourth-order valence-electron chi connectivity index (χ4n) is 1.92. The number of rotatable bonds is 9. The Bertz CT molecular complexity index is 277. The summed E-state index contributed by atoms with van der Waals surface area (Å²) in [5.74, 6) is 2.04. The zero-order chi connectivity index (χ0) is 14.6. The van der Waals surface area contributed by atoms with Gasteiger partial charge in [-0.1, -0.05) is 0 Å². The third-order valence-electron chi connectivity index (χ3n) is 2.97. The first kappa shape index (κ1) is 21.3. The maximum Gasteiger partial charge on any atom is 0.191 e. The standard InChI is InChI=1S/C14H29N3O2S.HI/c1-4-15-14(16-7-5-9-20-3)17-12(2)10-19-13-6-8-18-11-13;/h12-13H,4-11H2,1-3H3,(H2,15,16,17);1H. The summed E-state index contributed by atoms with van der Waals surface area (Å²) < 4.78 is 11.1. The topological polar surface area (TPSA) is 54.9 Å². The molecule has 0 aromatic carbocycles. The predicted molar refractivity (Wildman–Crippen MR) is 102 cm³/mol. The van der Waals surface area contributed by atoms with E-state index in [0.29, 0.717) is 6.61 Å². The van der Waals surface area contributed by atoms with Crippen LogP contribution in [0, 0.1) is 0 Å². The molecule has 21 heavy (non-hydrogen) atoms. The minimum absolute atomic E-state index is 0. The van der Waals surface area contributed by atoms with Crippen molar-refractivity contribution in [1.29, 1.82) is 0 Å². The van der Waals surface area contributed by atoms with Gasteiger partial charge in [-0.3, -0.25) is 4.99 Å². The van der Waals surface area contributed by atoms with Crippen LogP contribution in [0.4, 0.5) is 0 Å². The highest BCUT2D eigenvalue weighted by Gasteiger charge is 2.17. The Morgan fingerprint density at radius 2 is 2.33 bits per heavy atom. The van der Waals surface area contributed by atoms with Gasteiger partial charge in [-0.05, 0) is 38.7 Å². The normalized spacial score (nSPS) is 20.0. The molecule has 126 valence electrons. The van der Waals surface area contributed by atoms with Crippen LogP contribution in [-0.2, 0) is 9.47 Å². The lowest BCUT2D eigenvalue weighted by atomic mass is 10.3. The first-order valence-corrected chi connectivity index (χ1v) is 8.88. The average molecular weight is 431 g/mol. The van der Waals surface area contributed by atoms with Gasteiger partial charge in [0.25, 0.3) is 0 Å². The number of halogens is 1. The molecule has 1 fully saturated rings. The van der Waals surface area contributed by atoms with Gasteiger partial charge in [0.1, 0.15) is 0 Å². The first-order valence-electron chi connectivity index (χ1n) is 7.49. The molecule has 1 aliphatic rings. The molecule has 5 nitrogen and oxygen atoms in total. The number of aliphatic imine (C=N–C) groups is 1. The van der Waals surface area contributed by atoms with Gasteiger partial charge >= 0.3 is 0 Å². The zero-order valence-electron chi connectivity index (χ0n) is 13.4. The Balaban J connectivity index is 0.00000400. The molecule has 1 saturated heterocycles. The maximum absolute atomic E-state index is 5.81. The van der Waals surface area contributed by atoms with Crippen molar-refractivity contribution >= 4 is 41.7 Å². The Kier molecular flexibility index (Phi) is 14.1. The summed E-state index contributed by atoms with van der Waals surface area (Å²) >= 11 is 1.86. The Morgan fingerprint density at radius 3 is 2.95 bits per heavy atom. The first-order chi connectivity index (χ1) is 9.76. The van der Waals surface area contributed by atoms with E-state index in [-0.39, 0.29) is 36.1 Å². The predicted octanol–water partition coefficient (Wildman–Crippen LogP) is 2.11. The molecular formula is C14H30IN3O2S. The minimum atomic E-state index is 0. The molecule has 0 aromatic rings. The van der Waals surface area contributed by atoms with Crippen molar-refractivity contribution in [2.24, 2.45) is 4.99 Å². The zero-order valence-corrected chi connectivity index (χ0v) is 16.5. The fourth-order valence-corrected chi connectivity index (χ4v) is 2.34. The van der Waals surface area contributed by atoms with E-state index >= 15 is 0 Å². The number of nitrogens with one attached hydrogen (secondary N) is 2. The Hall–Kier alpha value is 0.270. The lowest BCUT2D eigenvalue weighted by Crippen LogP contribution is -2.44. The third kappa shape index (κ3) is 10.6. The Morgan fingerprint density at radius 1 is 1.52 bits per heavy atom. The van der Waals surface area contributed by atoms with E-state index in [2.05, 4.69) is 35.7 Å². The van der Waals surface area contributed by atoms with Gasteiger partial charge in [-0.25, -0.2) is 0 Å². The maximum atomic E-state index is 5.81. The third-order valence-corrected chi connectivity index (χ3v) is 3.67. The van der Waals surface area contributed by atoms with Crippen molar-refractivity contribution in [1.82, 2.24) is 10.6 Å².